The Morgan fingerprint density at radius 3 is 2.33 bits per heavy atom. The predicted molar refractivity (Wildman–Crippen MR) is 68.3 cm³/mol. The topological polar surface area (TPSA) is 0 Å². The van der Waals surface area contributed by atoms with E-state index in [0.717, 1.165) is 6.42 Å². The van der Waals surface area contributed by atoms with Gasteiger partial charge < -0.3 is 0 Å². The molecule has 1 aromatic rings. The van der Waals surface area contributed by atoms with E-state index in [0.29, 0.717) is 0 Å². The van der Waals surface area contributed by atoms with Crippen LogP contribution in [0, 0.1) is 0 Å². The lowest BCUT2D eigenvalue weighted by Gasteiger charge is -2.03. The fourth-order valence-electron chi connectivity index (χ4n) is 1.94. The predicted octanol–water partition coefficient (Wildman–Crippen LogP) is 4.76. The van der Waals surface area contributed by atoms with Gasteiger partial charge >= 0.3 is 0 Å². The Morgan fingerprint density at radius 2 is 1.60 bits per heavy atom. The van der Waals surface area contributed by atoms with Crippen LogP contribution in [0.25, 0.3) is 0 Å². The Labute approximate surface area is 94.7 Å². The Balaban J connectivity index is 2.24. The van der Waals surface area contributed by atoms with Crippen LogP contribution in [0.15, 0.2) is 24.3 Å². The molecule has 0 saturated carbocycles. The molecule has 0 aliphatic rings. The molecule has 0 fully saturated rings. The molecule has 0 nitrogen and oxygen atoms in total. The van der Waals surface area contributed by atoms with E-state index >= 15 is 0 Å². The van der Waals surface area contributed by atoms with Gasteiger partial charge in [0, 0.05) is 0 Å². The number of benzene rings is 1. The van der Waals surface area contributed by atoms with E-state index in [4.69, 9.17) is 0 Å². The molecule has 84 valence electrons. The lowest BCUT2D eigenvalue weighted by Crippen LogP contribution is -1.88. The van der Waals surface area contributed by atoms with Crippen molar-refractivity contribution in [3.63, 3.8) is 0 Å². The Kier molecular flexibility index (Phi) is 6.15. The summed E-state index contributed by atoms with van der Waals surface area (Å²) in [5.74, 6) is 0. The van der Waals surface area contributed by atoms with Gasteiger partial charge in [0.1, 0.15) is 0 Å². The molecule has 0 aromatic heterocycles. The van der Waals surface area contributed by atoms with Gasteiger partial charge in [-0.3, -0.25) is 0 Å². The second kappa shape index (κ2) is 7.50. The molecule has 0 radical (unpaired) electrons. The third kappa shape index (κ3) is 5.01. The summed E-state index contributed by atoms with van der Waals surface area (Å²) in [5.41, 5.74) is 2.99. The van der Waals surface area contributed by atoms with Crippen LogP contribution in [0.2, 0.25) is 0 Å². The summed E-state index contributed by atoms with van der Waals surface area (Å²) >= 11 is 0. The van der Waals surface area contributed by atoms with Crippen LogP contribution >= 0.6 is 0 Å². The third-order valence-corrected chi connectivity index (χ3v) is 2.97. The third-order valence-electron chi connectivity index (χ3n) is 2.97. The number of unbranched alkanes of at least 4 members (excludes halogenated alkanes) is 4. The van der Waals surface area contributed by atoms with Crippen molar-refractivity contribution in [1.29, 1.82) is 0 Å². The molecule has 0 unspecified atom stereocenters. The highest BCUT2D eigenvalue weighted by Crippen LogP contribution is 2.11. The van der Waals surface area contributed by atoms with E-state index in [1.165, 1.54) is 49.7 Å². The number of rotatable bonds is 7. The van der Waals surface area contributed by atoms with Gasteiger partial charge in [0.25, 0.3) is 0 Å². The zero-order valence-electron chi connectivity index (χ0n) is 10.3. The quantitative estimate of drug-likeness (QED) is 0.562. The maximum Gasteiger partial charge on any atom is -0.0279 e. The normalized spacial score (nSPS) is 10.5. The molecule has 0 bridgehead atoms. The summed E-state index contributed by atoms with van der Waals surface area (Å²) in [6, 6.07) is 9.04. The van der Waals surface area contributed by atoms with Crippen LogP contribution in [-0.4, -0.2) is 0 Å². The molecule has 0 amide bonds. The number of hydrogen-bond donors (Lipinski definition) is 0. The van der Waals surface area contributed by atoms with Crippen LogP contribution in [-0.2, 0) is 12.8 Å². The molecular formula is C15H24. The van der Waals surface area contributed by atoms with Gasteiger partial charge in [-0.25, -0.2) is 0 Å². The summed E-state index contributed by atoms with van der Waals surface area (Å²) in [7, 11) is 0. The van der Waals surface area contributed by atoms with Crippen molar-refractivity contribution in [2.45, 2.75) is 58.8 Å². The van der Waals surface area contributed by atoms with Gasteiger partial charge in [0.15, 0.2) is 0 Å². The Bertz CT molecular complexity index is 262. The van der Waals surface area contributed by atoms with Gasteiger partial charge in [-0.1, -0.05) is 63.8 Å². The maximum atomic E-state index is 2.36. The zero-order valence-corrected chi connectivity index (χ0v) is 10.3. The van der Waals surface area contributed by atoms with E-state index in [1.807, 2.05) is 0 Å². The fourth-order valence-corrected chi connectivity index (χ4v) is 1.94. The molecule has 0 N–H and O–H groups in total. The van der Waals surface area contributed by atoms with Crippen LogP contribution in [0.5, 0.6) is 0 Å². The standard InChI is InChI=1S/C15H24/c1-3-5-6-7-8-10-15-12-9-11-14(4-2)13-15/h9,11-13H,3-8,10H2,1-2H3. The molecule has 0 aliphatic carbocycles. The molecule has 1 aromatic carbocycles. The van der Waals surface area contributed by atoms with Crippen molar-refractivity contribution in [2.75, 3.05) is 0 Å². The minimum absolute atomic E-state index is 1.16. The molecule has 0 atom stereocenters. The first-order valence-corrected chi connectivity index (χ1v) is 6.44. The average molecular weight is 204 g/mol. The average Bonchev–Trinajstić information content (AvgIpc) is 2.29. The second-order valence-electron chi connectivity index (χ2n) is 4.34. The molecular weight excluding hydrogens is 180 g/mol. The number of aryl methyl sites for hydroxylation is 2. The second-order valence-corrected chi connectivity index (χ2v) is 4.34. The first kappa shape index (κ1) is 12.3. The molecule has 0 saturated heterocycles. The van der Waals surface area contributed by atoms with Gasteiger partial charge in [-0.05, 0) is 30.4 Å². The minimum atomic E-state index is 1.16. The lowest BCUT2D eigenvalue weighted by atomic mass is 10.0. The Hall–Kier alpha value is -0.780. The number of hydrogen-bond acceptors (Lipinski definition) is 0. The van der Waals surface area contributed by atoms with Crippen molar-refractivity contribution in [3.8, 4) is 0 Å². The highest BCUT2D eigenvalue weighted by molar-refractivity contribution is 5.23. The van der Waals surface area contributed by atoms with Gasteiger partial charge in [0.2, 0.25) is 0 Å². The maximum absolute atomic E-state index is 2.36. The largest absolute Gasteiger partial charge is 0.0654 e. The van der Waals surface area contributed by atoms with E-state index in [9.17, 15) is 0 Å². The molecule has 0 heteroatoms. The summed E-state index contributed by atoms with van der Waals surface area (Å²) in [5, 5.41) is 0. The highest BCUT2D eigenvalue weighted by Gasteiger charge is 1.95. The molecule has 1 rings (SSSR count). The molecule has 0 heterocycles. The van der Waals surface area contributed by atoms with Crippen LogP contribution < -0.4 is 0 Å². The first-order chi connectivity index (χ1) is 7.36. The van der Waals surface area contributed by atoms with E-state index in [1.54, 1.807) is 0 Å². The minimum Gasteiger partial charge on any atom is -0.0654 e. The fraction of sp³-hybridized carbons (Fsp3) is 0.600. The van der Waals surface area contributed by atoms with Crippen LogP contribution in [0.3, 0.4) is 0 Å². The summed E-state index contributed by atoms with van der Waals surface area (Å²) in [6.45, 7) is 4.49. The van der Waals surface area contributed by atoms with Crippen molar-refractivity contribution in [1.82, 2.24) is 0 Å². The van der Waals surface area contributed by atoms with Gasteiger partial charge in [-0.2, -0.15) is 0 Å². The van der Waals surface area contributed by atoms with Crippen molar-refractivity contribution in [2.24, 2.45) is 0 Å². The van der Waals surface area contributed by atoms with Crippen molar-refractivity contribution >= 4 is 0 Å². The van der Waals surface area contributed by atoms with Crippen LogP contribution in [0.1, 0.15) is 57.1 Å². The van der Waals surface area contributed by atoms with E-state index in [2.05, 4.69) is 38.1 Å². The molecule has 0 aliphatic heterocycles. The Morgan fingerprint density at radius 1 is 0.867 bits per heavy atom. The van der Waals surface area contributed by atoms with Crippen LogP contribution in [0.4, 0.5) is 0 Å². The van der Waals surface area contributed by atoms with Gasteiger partial charge in [0.05, 0.1) is 0 Å². The zero-order chi connectivity index (χ0) is 10.9. The van der Waals surface area contributed by atoms with E-state index < -0.39 is 0 Å². The summed E-state index contributed by atoms with van der Waals surface area (Å²) in [4.78, 5) is 0. The van der Waals surface area contributed by atoms with Crippen molar-refractivity contribution in [3.05, 3.63) is 35.4 Å². The highest BCUT2D eigenvalue weighted by atomic mass is 14.0. The molecule has 15 heavy (non-hydrogen) atoms. The smallest absolute Gasteiger partial charge is 0.0279 e. The lowest BCUT2D eigenvalue weighted by molar-refractivity contribution is 0.632. The monoisotopic (exact) mass is 204 g/mol. The van der Waals surface area contributed by atoms with Gasteiger partial charge in [-0.15, -0.1) is 0 Å². The first-order valence-electron chi connectivity index (χ1n) is 6.44. The van der Waals surface area contributed by atoms with E-state index in [-0.39, 0.29) is 0 Å². The summed E-state index contributed by atoms with van der Waals surface area (Å²) in [6.07, 6.45) is 9.31. The molecule has 0 spiro atoms. The summed E-state index contributed by atoms with van der Waals surface area (Å²) < 4.78 is 0. The SMILES string of the molecule is CCCCCCCc1cccc(CC)c1. The van der Waals surface area contributed by atoms with Crippen molar-refractivity contribution < 1.29 is 0 Å².